The lowest BCUT2D eigenvalue weighted by Gasteiger charge is -2.35. The Morgan fingerprint density at radius 3 is 2.74 bits per heavy atom. The van der Waals surface area contributed by atoms with Crippen molar-refractivity contribution in [1.29, 1.82) is 0 Å². The fourth-order valence-corrected chi connectivity index (χ4v) is 4.60. The Bertz CT molecular complexity index is 1230. The Labute approximate surface area is 197 Å². The highest BCUT2D eigenvalue weighted by Gasteiger charge is 2.38. The molecule has 2 aliphatic heterocycles. The van der Waals surface area contributed by atoms with E-state index in [9.17, 15) is 14.0 Å². The summed E-state index contributed by atoms with van der Waals surface area (Å²) in [5, 5.41) is 7.76. The standard InChI is InChI=1S/C25H28FN5O3/c1-15-22-20(9-11-29(15)24(33)34-25(2,3)4)28-31(23(22)30-12-10-27-21(30)14-32)17-7-8-19(26)18(13-17)16-5-6-16/h7-8,10,12-13,15-16,27H,5-6,9,11H2,1-4H3/t15-/m0/s1. The van der Waals surface area contributed by atoms with E-state index in [1.54, 1.807) is 32.9 Å². The number of aromatic nitrogens is 2. The number of nitrogens with one attached hydrogen (secondary N) is 1. The van der Waals surface area contributed by atoms with E-state index in [0.29, 0.717) is 30.0 Å². The highest BCUT2D eigenvalue weighted by molar-refractivity contribution is 5.74. The minimum Gasteiger partial charge on any atom is -0.444 e. The third-order valence-corrected chi connectivity index (χ3v) is 6.33. The molecule has 1 aromatic heterocycles. The number of rotatable bonds is 3. The normalized spacial score (nSPS) is 19.7. The van der Waals surface area contributed by atoms with Crippen LogP contribution in [0.4, 0.5) is 15.0 Å². The van der Waals surface area contributed by atoms with E-state index in [4.69, 9.17) is 9.84 Å². The monoisotopic (exact) mass is 465 g/mol. The van der Waals surface area contributed by atoms with Crippen molar-refractivity contribution in [3.05, 3.63) is 59.1 Å². The zero-order valence-corrected chi connectivity index (χ0v) is 19.8. The van der Waals surface area contributed by atoms with Gasteiger partial charge in [0.1, 0.15) is 17.2 Å². The Morgan fingerprint density at radius 2 is 2.06 bits per heavy atom. The molecule has 5 rings (SSSR count). The van der Waals surface area contributed by atoms with Crippen LogP contribution in [0.1, 0.15) is 69.3 Å². The zero-order chi connectivity index (χ0) is 24.2. The van der Waals surface area contributed by atoms with Crippen molar-refractivity contribution >= 4 is 17.9 Å². The third-order valence-electron chi connectivity index (χ3n) is 6.33. The van der Waals surface area contributed by atoms with Gasteiger partial charge >= 0.3 is 6.09 Å². The van der Waals surface area contributed by atoms with Gasteiger partial charge in [-0.25, -0.2) is 18.7 Å². The number of benzene rings is 1. The molecule has 34 heavy (non-hydrogen) atoms. The van der Waals surface area contributed by atoms with E-state index >= 15 is 0 Å². The Balaban J connectivity index is 1.63. The third kappa shape index (κ3) is 3.86. The summed E-state index contributed by atoms with van der Waals surface area (Å²) < 4.78 is 21.9. The van der Waals surface area contributed by atoms with Crippen LogP contribution >= 0.6 is 0 Å². The summed E-state index contributed by atoms with van der Waals surface area (Å²) in [5.74, 6) is 2.77. The van der Waals surface area contributed by atoms with Gasteiger partial charge in [0.15, 0.2) is 5.94 Å². The van der Waals surface area contributed by atoms with E-state index in [-0.39, 0.29) is 23.6 Å². The molecule has 1 saturated carbocycles. The first-order chi connectivity index (χ1) is 16.2. The van der Waals surface area contributed by atoms with E-state index in [1.807, 2.05) is 39.7 Å². The molecule has 1 aromatic carbocycles. The molecular weight excluding hydrogens is 437 g/mol. The molecule has 0 saturated heterocycles. The molecule has 2 aromatic rings. The second kappa shape index (κ2) is 8.02. The van der Waals surface area contributed by atoms with Gasteiger partial charge in [0.25, 0.3) is 0 Å². The van der Waals surface area contributed by atoms with Crippen LogP contribution in [0.2, 0.25) is 0 Å². The number of fused-ring (bicyclic) bond motifs is 1. The molecule has 1 atom stereocenters. The Kier molecular flexibility index (Phi) is 5.24. The molecule has 1 N–H and O–H groups in total. The van der Waals surface area contributed by atoms with Crippen LogP contribution in [0, 0.1) is 5.82 Å². The van der Waals surface area contributed by atoms with Crippen molar-refractivity contribution in [2.75, 3.05) is 11.4 Å². The fraction of sp³-hybridized carbons (Fsp3) is 0.440. The van der Waals surface area contributed by atoms with Crippen LogP contribution in [-0.2, 0) is 16.0 Å². The number of carbonyl (C=O) groups excluding carboxylic acids is 2. The van der Waals surface area contributed by atoms with Gasteiger partial charge in [-0.3, -0.25) is 4.90 Å². The average molecular weight is 466 g/mol. The SMILES string of the molecule is C[C@H]1c2c(nn(-c3ccc(F)c(C4CC4)c3)c2N2C=CNC2=C=O)CCN1C(=O)OC(C)(C)C. The fourth-order valence-electron chi connectivity index (χ4n) is 4.60. The molecule has 3 aliphatic rings. The van der Waals surface area contributed by atoms with E-state index in [1.165, 1.54) is 6.07 Å². The number of hydrogen-bond acceptors (Lipinski definition) is 6. The largest absolute Gasteiger partial charge is 0.444 e. The van der Waals surface area contributed by atoms with Crippen molar-refractivity contribution in [2.45, 2.75) is 64.5 Å². The smallest absolute Gasteiger partial charge is 0.410 e. The molecule has 8 nitrogen and oxygen atoms in total. The average Bonchev–Trinajstić information content (AvgIpc) is 3.37. The molecule has 178 valence electrons. The lowest BCUT2D eigenvalue weighted by molar-refractivity contribution is 0.0160. The molecule has 1 aliphatic carbocycles. The highest BCUT2D eigenvalue weighted by atomic mass is 19.1. The maximum Gasteiger partial charge on any atom is 0.410 e. The quantitative estimate of drug-likeness (QED) is 0.681. The summed E-state index contributed by atoms with van der Waals surface area (Å²) >= 11 is 0. The lowest BCUT2D eigenvalue weighted by Crippen LogP contribution is -2.42. The van der Waals surface area contributed by atoms with Gasteiger partial charge in [-0.15, -0.1) is 0 Å². The summed E-state index contributed by atoms with van der Waals surface area (Å²) in [6.45, 7) is 7.89. The number of carbonyl (C=O) groups is 1. The van der Waals surface area contributed by atoms with Crippen molar-refractivity contribution < 1.29 is 18.7 Å². The Morgan fingerprint density at radius 1 is 1.29 bits per heavy atom. The molecule has 9 heteroatoms. The van der Waals surface area contributed by atoms with Gasteiger partial charge in [-0.05, 0) is 70.2 Å². The van der Waals surface area contributed by atoms with E-state index in [2.05, 4.69) is 5.32 Å². The first-order valence-electron chi connectivity index (χ1n) is 11.6. The number of anilines is 1. The number of hydrogen-bond donors (Lipinski definition) is 1. The minimum absolute atomic E-state index is 0.217. The van der Waals surface area contributed by atoms with Gasteiger partial charge < -0.3 is 15.0 Å². The lowest BCUT2D eigenvalue weighted by atomic mass is 9.99. The maximum absolute atomic E-state index is 14.5. The van der Waals surface area contributed by atoms with Gasteiger partial charge in [-0.1, -0.05) is 0 Å². The van der Waals surface area contributed by atoms with Crippen molar-refractivity contribution in [1.82, 2.24) is 20.0 Å². The van der Waals surface area contributed by atoms with Gasteiger partial charge in [0.2, 0.25) is 5.82 Å². The van der Waals surface area contributed by atoms with Crippen LogP contribution in [-0.4, -0.2) is 38.9 Å². The van der Waals surface area contributed by atoms with Gasteiger partial charge in [0.05, 0.1) is 17.4 Å². The molecule has 0 unspecified atom stereocenters. The van der Waals surface area contributed by atoms with Gasteiger partial charge in [-0.2, -0.15) is 5.10 Å². The molecule has 3 heterocycles. The van der Waals surface area contributed by atoms with Crippen molar-refractivity contribution in [2.24, 2.45) is 0 Å². The zero-order valence-electron chi connectivity index (χ0n) is 19.8. The number of ether oxygens (including phenoxy) is 1. The molecule has 1 amide bonds. The number of amides is 1. The summed E-state index contributed by atoms with van der Waals surface area (Å²) in [5.41, 5.74) is 2.41. The summed E-state index contributed by atoms with van der Waals surface area (Å²) in [4.78, 5) is 28.0. The predicted molar refractivity (Wildman–Crippen MR) is 125 cm³/mol. The topological polar surface area (TPSA) is 79.7 Å². The first-order valence-corrected chi connectivity index (χ1v) is 11.6. The molecule has 0 spiro atoms. The minimum atomic E-state index is -0.619. The molecular formula is C25H28FN5O3. The summed E-state index contributed by atoms with van der Waals surface area (Å²) in [6, 6.07) is 4.64. The molecule has 0 radical (unpaired) electrons. The second-order valence-corrected chi connectivity index (χ2v) is 9.96. The van der Waals surface area contributed by atoms with E-state index in [0.717, 1.165) is 24.1 Å². The van der Waals surface area contributed by atoms with Crippen LogP contribution < -0.4 is 10.2 Å². The Hall–Kier alpha value is -3.58. The van der Waals surface area contributed by atoms with Crippen molar-refractivity contribution in [3.8, 4) is 5.69 Å². The second-order valence-electron chi connectivity index (χ2n) is 9.96. The molecule has 0 bridgehead atoms. The summed E-state index contributed by atoms with van der Waals surface area (Å²) in [7, 11) is 0. The molecule has 1 fully saturated rings. The van der Waals surface area contributed by atoms with Crippen LogP contribution in [0.25, 0.3) is 5.69 Å². The van der Waals surface area contributed by atoms with E-state index < -0.39 is 11.7 Å². The van der Waals surface area contributed by atoms with Crippen LogP contribution in [0.5, 0.6) is 0 Å². The predicted octanol–water partition coefficient (Wildman–Crippen LogP) is 4.30. The number of halogens is 1. The number of nitrogens with zero attached hydrogens (tertiary/aromatic N) is 4. The van der Waals surface area contributed by atoms with Crippen LogP contribution in [0.3, 0.4) is 0 Å². The highest BCUT2D eigenvalue weighted by Crippen LogP contribution is 2.44. The van der Waals surface area contributed by atoms with Crippen LogP contribution in [0.15, 0.2) is 36.4 Å². The van der Waals surface area contributed by atoms with Gasteiger partial charge in [0, 0.05) is 30.9 Å². The maximum atomic E-state index is 14.5. The first kappa shape index (κ1) is 22.2. The summed E-state index contributed by atoms with van der Waals surface area (Å²) in [6.07, 6.45) is 5.44. The van der Waals surface area contributed by atoms with Crippen molar-refractivity contribution in [3.63, 3.8) is 0 Å².